The summed E-state index contributed by atoms with van der Waals surface area (Å²) in [4.78, 5) is 30.6. The number of hydrogen-bond donors (Lipinski definition) is 1. The lowest BCUT2D eigenvalue weighted by molar-refractivity contribution is 0.0633. The summed E-state index contributed by atoms with van der Waals surface area (Å²) in [6.07, 6.45) is 5.11. The van der Waals surface area contributed by atoms with Crippen LogP contribution in [0.25, 0.3) is 0 Å². The van der Waals surface area contributed by atoms with Crippen molar-refractivity contribution in [1.82, 2.24) is 14.8 Å². The summed E-state index contributed by atoms with van der Waals surface area (Å²) in [5, 5.41) is 0. The first-order chi connectivity index (χ1) is 8.59. The number of hydrogen-bond acceptors (Lipinski definition) is 3. The molecule has 1 fully saturated rings. The third kappa shape index (κ3) is 2.61. The average Bonchev–Trinajstić information content (AvgIpc) is 2.38. The number of pyridine rings is 1. The Bertz CT molecular complexity index is 481. The Morgan fingerprint density at radius 2 is 2.28 bits per heavy atom. The summed E-state index contributed by atoms with van der Waals surface area (Å²) in [6.45, 7) is 1.43. The van der Waals surface area contributed by atoms with Crippen LogP contribution in [-0.4, -0.2) is 53.9 Å². The molecule has 0 aromatic carbocycles. The molecule has 1 amide bonds. The van der Waals surface area contributed by atoms with Crippen LogP contribution in [0.1, 0.15) is 23.2 Å². The van der Waals surface area contributed by atoms with Gasteiger partial charge in [0.25, 0.3) is 5.91 Å². The summed E-state index contributed by atoms with van der Waals surface area (Å²) in [6, 6.07) is 1.77. The van der Waals surface area contributed by atoms with E-state index < -0.39 is 0 Å². The monoisotopic (exact) mass is 249 g/mol. The highest BCUT2D eigenvalue weighted by Crippen LogP contribution is 2.15. The van der Waals surface area contributed by atoms with Crippen LogP contribution in [0.3, 0.4) is 0 Å². The molecule has 0 bridgehead atoms. The maximum Gasteiger partial charge on any atom is 0.259 e. The van der Waals surface area contributed by atoms with E-state index in [0.717, 1.165) is 19.4 Å². The second-order valence-corrected chi connectivity index (χ2v) is 4.93. The van der Waals surface area contributed by atoms with Crippen molar-refractivity contribution in [3.05, 3.63) is 34.2 Å². The van der Waals surface area contributed by atoms with E-state index in [1.54, 1.807) is 4.90 Å². The zero-order chi connectivity index (χ0) is 13.1. The topological polar surface area (TPSA) is 56.4 Å². The number of likely N-dealkylation sites (N-methyl/N-ethyl adjacent to an activating group) is 1. The van der Waals surface area contributed by atoms with E-state index in [4.69, 9.17) is 0 Å². The van der Waals surface area contributed by atoms with Gasteiger partial charge in [0.05, 0.1) is 0 Å². The molecule has 1 unspecified atom stereocenters. The van der Waals surface area contributed by atoms with Gasteiger partial charge in [-0.15, -0.1) is 0 Å². The molecule has 1 aromatic heterocycles. The number of aromatic nitrogens is 1. The van der Waals surface area contributed by atoms with Gasteiger partial charge in [0, 0.05) is 37.6 Å². The summed E-state index contributed by atoms with van der Waals surface area (Å²) in [5.74, 6) is -0.164. The molecule has 98 valence electrons. The molecule has 0 saturated carbocycles. The number of likely N-dealkylation sites (tertiary alicyclic amines) is 1. The number of nitrogens with one attached hydrogen (secondary N) is 1. The van der Waals surface area contributed by atoms with Crippen molar-refractivity contribution in [3.63, 3.8) is 0 Å². The van der Waals surface area contributed by atoms with E-state index in [9.17, 15) is 9.59 Å². The molecule has 2 heterocycles. The maximum atomic E-state index is 12.3. The van der Waals surface area contributed by atoms with Crippen LogP contribution in [0.4, 0.5) is 0 Å². The van der Waals surface area contributed by atoms with Crippen molar-refractivity contribution in [2.24, 2.45) is 0 Å². The Morgan fingerprint density at radius 3 is 2.94 bits per heavy atom. The van der Waals surface area contributed by atoms with Crippen LogP contribution in [0.15, 0.2) is 23.3 Å². The smallest absolute Gasteiger partial charge is 0.259 e. The zero-order valence-corrected chi connectivity index (χ0v) is 10.8. The van der Waals surface area contributed by atoms with Gasteiger partial charge in [-0.05, 0) is 26.9 Å². The predicted molar refractivity (Wildman–Crippen MR) is 69.7 cm³/mol. The number of nitrogens with zero attached hydrogens (tertiary/aromatic N) is 2. The highest BCUT2D eigenvalue weighted by molar-refractivity contribution is 5.93. The van der Waals surface area contributed by atoms with Crippen LogP contribution in [0, 0.1) is 0 Å². The molecule has 5 heteroatoms. The molecule has 1 aromatic rings. The molecule has 1 aliphatic heterocycles. The number of piperidine rings is 1. The average molecular weight is 249 g/mol. The van der Waals surface area contributed by atoms with Crippen molar-refractivity contribution >= 4 is 5.91 Å². The minimum Gasteiger partial charge on any atom is -0.367 e. The zero-order valence-electron chi connectivity index (χ0n) is 10.8. The number of H-pyrrole nitrogens is 1. The molecule has 18 heavy (non-hydrogen) atoms. The number of carbonyl (C=O) groups excluding carboxylic acids is 1. The van der Waals surface area contributed by atoms with Gasteiger partial charge in [0.15, 0.2) is 5.43 Å². The third-order valence-corrected chi connectivity index (χ3v) is 3.47. The highest BCUT2D eigenvalue weighted by Gasteiger charge is 2.26. The predicted octanol–water partition coefficient (Wildman–Crippen LogP) is 0.541. The Kier molecular flexibility index (Phi) is 3.81. The molecule has 2 rings (SSSR count). The van der Waals surface area contributed by atoms with Crippen molar-refractivity contribution in [2.45, 2.75) is 18.9 Å². The molecule has 1 aliphatic rings. The minimum atomic E-state index is -0.217. The molecule has 0 aliphatic carbocycles. The highest BCUT2D eigenvalue weighted by atomic mass is 16.2. The number of aromatic amines is 1. The Balaban J connectivity index is 2.14. The standard InChI is InChI=1S/C13H19N3O2/c1-15(2)10-4-3-7-16(9-10)13(18)11-8-14-6-5-12(11)17/h5-6,8,10H,3-4,7,9H2,1-2H3,(H,14,17). The van der Waals surface area contributed by atoms with E-state index in [1.165, 1.54) is 18.5 Å². The van der Waals surface area contributed by atoms with Crippen molar-refractivity contribution in [1.29, 1.82) is 0 Å². The second-order valence-electron chi connectivity index (χ2n) is 4.93. The molecule has 1 atom stereocenters. The van der Waals surface area contributed by atoms with Gasteiger partial charge in [-0.2, -0.15) is 0 Å². The maximum absolute atomic E-state index is 12.3. The summed E-state index contributed by atoms with van der Waals surface area (Å²) >= 11 is 0. The lowest BCUT2D eigenvalue weighted by Gasteiger charge is -2.36. The van der Waals surface area contributed by atoms with E-state index in [1.807, 2.05) is 14.1 Å². The van der Waals surface area contributed by atoms with Crippen LogP contribution >= 0.6 is 0 Å². The summed E-state index contributed by atoms with van der Waals surface area (Å²) in [7, 11) is 4.04. The quantitative estimate of drug-likeness (QED) is 0.832. The number of rotatable bonds is 2. The van der Waals surface area contributed by atoms with Crippen molar-refractivity contribution in [2.75, 3.05) is 27.2 Å². The van der Waals surface area contributed by atoms with Crippen molar-refractivity contribution < 1.29 is 4.79 Å². The van der Waals surface area contributed by atoms with E-state index >= 15 is 0 Å². The van der Waals surface area contributed by atoms with Gasteiger partial charge in [-0.3, -0.25) is 9.59 Å². The summed E-state index contributed by atoms with van der Waals surface area (Å²) in [5.41, 5.74) is 0.0163. The van der Waals surface area contributed by atoms with Crippen LogP contribution in [0.2, 0.25) is 0 Å². The largest absolute Gasteiger partial charge is 0.367 e. The molecular formula is C13H19N3O2. The van der Waals surface area contributed by atoms with Crippen LogP contribution in [0.5, 0.6) is 0 Å². The summed E-state index contributed by atoms with van der Waals surface area (Å²) < 4.78 is 0. The van der Waals surface area contributed by atoms with Gasteiger partial charge in [0.2, 0.25) is 0 Å². The van der Waals surface area contributed by atoms with Crippen LogP contribution in [-0.2, 0) is 0 Å². The van der Waals surface area contributed by atoms with Crippen molar-refractivity contribution in [3.8, 4) is 0 Å². The molecular weight excluding hydrogens is 230 g/mol. The lowest BCUT2D eigenvalue weighted by atomic mass is 10.0. The molecule has 5 nitrogen and oxygen atoms in total. The first-order valence-electron chi connectivity index (χ1n) is 6.22. The fourth-order valence-electron chi connectivity index (χ4n) is 2.31. The fraction of sp³-hybridized carbons (Fsp3) is 0.538. The second kappa shape index (κ2) is 5.35. The number of amides is 1. The van der Waals surface area contributed by atoms with Gasteiger partial charge < -0.3 is 14.8 Å². The third-order valence-electron chi connectivity index (χ3n) is 3.47. The van der Waals surface area contributed by atoms with E-state index in [0.29, 0.717) is 12.6 Å². The molecule has 0 spiro atoms. The van der Waals surface area contributed by atoms with E-state index in [2.05, 4.69) is 9.88 Å². The molecule has 0 radical (unpaired) electrons. The van der Waals surface area contributed by atoms with Gasteiger partial charge in [-0.1, -0.05) is 0 Å². The SMILES string of the molecule is CN(C)C1CCCN(C(=O)c2c[nH]ccc2=O)C1. The Hall–Kier alpha value is -1.62. The fourth-order valence-corrected chi connectivity index (χ4v) is 2.31. The van der Waals surface area contributed by atoms with Gasteiger partial charge >= 0.3 is 0 Å². The molecule has 1 saturated heterocycles. The lowest BCUT2D eigenvalue weighted by Crippen LogP contribution is -2.48. The van der Waals surface area contributed by atoms with Crippen LogP contribution < -0.4 is 5.43 Å². The van der Waals surface area contributed by atoms with E-state index in [-0.39, 0.29) is 16.9 Å². The minimum absolute atomic E-state index is 0.164. The Labute approximate surface area is 106 Å². The Morgan fingerprint density at radius 1 is 1.50 bits per heavy atom. The normalized spacial score (nSPS) is 20.2. The molecule has 1 N–H and O–H groups in total. The first kappa shape index (κ1) is 12.8. The first-order valence-corrected chi connectivity index (χ1v) is 6.22. The number of carbonyl (C=O) groups is 1. The van der Waals surface area contributed by atoms with Gasteiger partial charge in [0.1, 0.15) is 5.56 Å². The van der Waals surface area contributed by atoms with Gasteiger partial charge in [-0.25, -0.2) is 0 Å².